The summed E-state index contributed by atoms with van der Waals surface area (Å²) < 4.78 is 11.7. The standard InChI is InChI=1S/C30H38N2O4/c1-21(33)36-28-17-25(31(2)29(34)23-8-5-4-6-9-23)18-30(24-10-7-11-26(16-24)35-3)14-15-32(20-27(28)30)19-22-12-13-22/h4-11,16,22,25,27-28H,12-15,17-20H2,1-3H3/t25-,27+,28?,30+/m1/s1. The summed E-state index contributed by atoms with van der Waals surface area (Å²) in [5.74, 6) is 1.56. The summed E-state index contributed by atoms with van der Waals surface area (Å²) in [5, 5.41) is 0. The van der Waals surface area contributed by atoms with Crippen molar-refractivity contribution in [3.63, 3.8) is 0 Å². The predicted molar refractivity (Wildman–Crippen MR) is 139 cm³/mol. The highest BCUT2D eigenvalue weighted by Gasteiger charge is 2.54. The third kappa shape index (κ3) is 5.01. The van der Waals surface area contributed by atoms with E-state index < -0.39 is 0 Å². The molecule has 0 spiro atoms. The monoisotopic (exact) mass is 490 g/mol. The predicted octanol–water partition coefficient (Wildman–Crippen LogP) is 4.53. The van der Waals surface area contributed by atoms with E-state index in [2.05, 4.69) is 23.1 Å². The molecule has 3 fully saturated rings. The van der Waals surface area contributed by atoms with Gasteiger partial charge in [-0.25, -0.2) is 0 Å². The molecular formula is C30H38N2O4. The molecule has 1 amide bonds. The Morgan fingerprint density at radius 2 is 1.89 bits per heavy atom. The van der Waals surface area contributed by atoms with Crippen LogP contribution >= 0.6 is 0 Å². The Kier molecular flexibility index (Phi) is 7.07. The normalized spacial score (nSPS) is 28.1. The summed E-state index contributed by atoms with van der Waals surface area (Å²) in [7, 11) is 3.59. The molecule has 2 aromatic carbocycles. The average Bonchev–Trinajstić information content (AvgIpc) is 3.72. The number of fused-ring (bicyclic) bond motifs is 1. The second-order valence-electron chi connectivity index (χ2n) is 11.0. The third-order valence-corrected chi connectivity index (χ3v) is 8.66. The maximum Gasteiger partial charge on any atom is 0.302 e. The van der Waals surface area contributed by atoms with E-state index >= 15 is 0 Å². The van der Waals surface area contributed by atoms with Gasteiger partial charge in [-0.3, -0.25) is 9.59 Å². The van der Waals surface area contributed by atoms with E-state index in [1.54, 1.807) is 7.11 Å². The number of carbonyl (C=O) groups excluding carboxylic acids is 2. The van der Waals surface area contributed by atoms with Gasteiger partial charge in [0.1, 0.15) is 11.9 Å². The number of rotatable bonds is 7. The number of methoxy groups -OCH3 is 1. The van der Waals surface area contributed by atoms with Gasteiger partial charge in [-0.2, -0.15) is 0 Å². The largest absolute Gasteiger partial charge is 0.497 e. The first-order valence-corrected chi connectivity index (χ1v) is 13.3. The summed E-state index contributed by atoms with van der Waals surface area (Å²) in [4.78, 5) is 30.2. The van der Waals surface area contributed by atoms with Crippen molar-refractivity contribution in [1.29, 1.82) is 0 Å². The lowest BCUT2D eigenvalue weighted by Gasteiger charge is -2.56. The van der Waals surface area contributed by atoms with E-state index in [-0.39, 0.29) is 35.4 Å². The first-order valence-electron chi connectivity index (χ1n) is 13.3. The lowest BCUT2D eigenvalue weighted by Crippen LogP contribution is -2.62. The molecule has 1 aliphatic heterocycles. The van der Waals surface area contributed by atoms with Crippen molar-refractivity contribution in [2.24, 2.45) is 11.8 Å². The number of ether oxygens (including phenoxy) is 2. The number of esters is 1. The first kappa shape index (κ1) is 24.8. The highest BCUT2D eigenvalue weighted by molar-refractivity contribution is 5.94. The molecule has 5 rings (SSSR count). The number of benzene rings is 2. The van der Waals surface area contributed by atoms with Crippen LogP contribution in [-0.4, -0.2) is 67.6 Å². The molecule has 36 heavy (non-hydrogen) atoms. The van der Waals surface area contributed by atoms with E-state index in [4.69, 9.17) is 9.47 Å². The van der Waals surface area contributed by atoms with Crippen LogP contribution in [0.5, 0.6) is 5.75 Å². The van der Waals surface area contributed by atoms with Crippen molar-refractivity contribution < 1.29 is 19.1 Å². The molecule has 2 aromatic rings. The van der Waals surface area contributed by atoms with Crippen LogP contribution < -0.4 is 4.74 Å². The topological polar surface area (TPSA) is 59.1 Å². The fraction of sp³-hybridized carbons (Fsp3) is 0.533. The summed E-state index contributed by atoms with van der Waals surface area (Å²) >= 11 is 0. The third-order valence-electron chi connectivity index (χ3n) is 8.66. The van der Waals surface area contributed by atoms with Gasteiger partial charge in [0.05, 0.1) is 7.11 Å². The number of hydrogen-bond donors (Lipinski definition) is 0. The number of piperidine rings is 1. The summed E-state index contributed by atoms with van der Waals surface area (Å²) in [6.45, 7) is 4.56. The van der Waals surface area contributed by atoms with Crippen LogP contribution in [0.1, 0.15) is 54.9 Å². The van der Waals surface area contributed by atoms with E-state index in [0.29, 0.717) is 12.0 Å². The molecule has 0 bridgehead atoms. The Labute approximate surface area is 214 Å². The minimum atomic E-state index is -0.253. The Morgan fingerprint density at radius 1 is 1.11 bits per heavy atom. The van der Waals surface area contributed by atoms with Crippen LogP contribution in [0, 0.1) is 11.8 Å². The highest BCUT2D eigenvalue weighted by Crippen LogP contribution is 2.52. The van der Waals surface area contributed by atoms with Crippen molar-refractivity contribution in [2.45, 2.75) is 56.6 Å². The van der Waals surface area contributed by atoms with Crippen LogP contribution in [0.25, 0.3) is 0 Å². The van der Waals surface area contributed by atoms with Gasteiger partial charge >= 0.3 is 5.97 Å². The Morgan fingerprint density at radius 3 is 2.58 bits per heavy atom. The molecule has 6 heteroatoms. The molecule has 192 valence electrons. The molecule has 0 radical (unpaired) electrons. The number of hydrogen-bond acceptors (Lipinski definition) is 5. The van der Waals surface area contributed by atoms with Crippen LogP contribution in [0.15, 0.2) is 54.6 Å². The molecule has 1 saturated heterocycles. The molecular weight excluding hydrogens is 452 g/mol. The fourth-order valence-corrected chi connectivity index (χ4v) is 6.58. The smallest absolute Gasteiger partial charge is 0.302 e. The lowest BCUT2D eigenvalue weighted by atomic mass is 9.56. The van der Waals surface area contributed by atoms with Crippen LogP contribution in [-0.2, 0) is 14.9 Å². The zero-order valence-corrected chi connectivity index (χ0v) is 21.7. The van der Waals surface area contributed by atoms with Gasteiger partial charge in [0, 0.05) is 56.4 Å². The van der Waals surface area contributed by atoms with Crippen LogP contribution in [0.4, 0.5) is 0 Å². The average molecular weight is 491 g/mol. The van der Waals surface area contributed by atoms with E-state index in [0.717, 1.165) is 44.1 Å². The summed E-state index contributed by atoms with van der Waals surface area (Å²) in [6, 6.07) is 17.8. The quantitative estimate of drug-likeness (QED) is 0.534. The van der Waals surface area contributed by atoms with Crippen LogP contribution in [0.2, 0.25) is 0 Å². The van der Waals surface area contributed by atoms with Gasteiger partial charge in [-0.15, -0.1) is 0 Å². The maximum atomic E-state index is 13.4. The Bertz CT molecular complexity index is 1090. The van der Waals surface area contributed by atoms with E-state index in [1.807, 2.05) is 48.3 Å². The van der Waals surface area contributed by atoms with Crippen molar-refractivity contribution >= 4 is 11.9 Å². The highest BCUT2D eigenvalue weighted by atomic mass is 16.5. The van der Waals surface area contributed by atoms with Gasteiger partial charge in [-0.1, -0.05) is 30.3 Å². The van der Waals surface area contributed by atoms with Gasteiger partial charge < -0.3 is 19.3 Å². The number of likely N-dealkylation sites (tertiary alicyclic amines) is 1. The number of amides is 1. The molecule has 2 aliphatic carbocycles. The minimum absolute atomic E-state index is 0.00702. The van der Waals surface area contributed by atoms with E-state index in [1.165, 1.54) is 25.3 Å². The Balaban J connectivity index is 1.52. The van der Waals surface area contributed by atoms with Gasteiger partial charge in [0.2, 0.25) is 0 Å². The molecule has 3 aliphatic rings. The SMILES string of the molecule is COc1cccc([C@@]23CCN(CC4CC4)C[C@H]2C(OC(C)=O)C[C@@H](N(C)C(=O)c2ccccc2)C3)c1. The second-order valence-corrected chi connectivity index (χ2v) is 11.0. The maximum absolute atomic E-state index is 13.4. The molecule has 4 atom stereocenters. The molecule has 1 heterocycles. The molecule has 2 saturated carbocycles. The Hall–Kier alpha value is -2.86. The zero-order chi connectivity index (χ0) is 25.3. The van der Waals surface area contributed by atoms with Crippen molar-refractivity contribution in [1.82, 2.24) is 9.80 Å². The number of nitrogens with zero attached hydrogens (tertiary/aromatic N) is 2. The molecule has 6 nitrogen and oxygen atoms in total. The molecule has 0 N–H and O–H groups in total. The van der Waals surface area contributed by atoms with Gasteiger partial charge in [0.15, 0.2) is 0 Å². The van der Waals surface area contributed by atoms with Crippen LogP contribution in [0.3, 0.4) is 0 Å². The van der Waals surface area contributed by atoms with Crippen molar-refractivity contribution in [3.8, 4) is 5.75 Å². The second kappa shape index (κ2) is 10.3. The summed E-state index contributed by atoms with van der Waals surface area (Å²) in [5.41, 5.74) is 1.70. The fourth-order valence-electron chi connectivity index (χ4n) is 6.58. The minimum Gasteiger partial charge on any atom is -0.497 e. The lowest BCUT2D eigenvalue weighted by molar-refractivity contribution is -0.158. The van der Waals surface area contributed by atoms with Gasteiger partial charge in [-0.05, 0) is 68.0 Å². The number of carbonyl (C=O) groups is 2. The zero-order valence-electron chi connectivity index (χ0n) is 21.7. The molecule has 0 aromatic heterocycles. The summed E-state index contributed by atoms with van der Waals surface area (Å²) in [6.07, 6.45) is 4.87. The van der Waals surface area contributed by atoms with Gasteiger partial charge in [0.25, 0.3) is 5.91 Å². The molecule has 1 unspecified atom stereocenters. The van der Waals surface area contributed by atoms with E-state index in [9.17, 15) is 9.59 Å². The van der Waals surface area contributed by atoms with Crippen molar-refractivity contribution in [2.75, 3.05) is 33.8 Å². The van der Waals surface area contributed by atoms with Crippen molar-refractivity contribution in [3.05, 3.63) is 65.7 Å². The first-order chi connectivity index (χ1) is 17.4.